The molecule has 5 heteroatoms. The Labute approximate surface area is 88.4 Å². The maximum atomic E-state index is 8.87. The third kappa shape index (κ3) is 2.37. The summed E-state index contributed by atoms with van der Waals surface area (Å²) in [5.74, 6) is 6.51. The molecule has 0 aromatic heterocycles. The largest absolute Gasteiger partial charge is 0.497 e. The first-order chi connectivity index (χ1) is 7.26. The number of hydrazine groups is 1. The summed E-state index contributed by atoms with van der Waals surface area (Å²) in [6.45, 7) is 0. The zero-order valence-electron chi connectivity index (χ0n) is 8.65. The molecule has 0 saturated carbocycles. The number of hydrogen-bond donors (Lipinski definition) is 2. The highest BCUT2D eigenvalue weighted by molar-refractivity contribution is 5.44. The van der Waals surface area contributed by atoms with Gasteiger partial charge in [0.25, 0.3) is 0 Å². The van der Waals surface area contributed by atoms with E-state index in [1.807, 2.05) is 6.07 Å². The van der Waals surface area contributed by atoms with Gasteiger partial charge in [-0.1, -0.05) is 0 Å². The van der Waals surface area contributed by atoms with Crippen LogP contribution in [-0.4, -0.2) is 14.2 Å². The molecule has 80 valence electrons. The standard InChI is InChI=1S/C10H13N3O2/c1-14-7-3-4-10(15-2)8(5-7)9(6-11)13-12/h3-5,9,13H,12H2,1-2H3. The van der Waals surface area contributed by atoms with Gasteiger partial charge >= 0.3 is 0 Å². The summed E-state index contributed by atoms with van der Waals surface area (Å²) in [6.07, 6.45) is 0. The molecule has 0 saturated heterocycles. The molecule has 0 aliphatic carbocycles. The molecular weight excluding hydrogens is 194 g/mol. The first-order valence-corrected chi connectivity index (χ1v) is 4.34. The molecule has 1 rings (SSSR count). The smallest absolute Gasteiger partial charge is 0.137 e. The van der Waals surface area contributed by atoms with Gasteiger partial charge in [0.05, 0.1) is 20.3 Å². The third-order valence-electron chi connectivity index (χ3n) is 2.04. The molecule has 0 bridgehead atoms. The number of benzene rings is 1. The lowest BCUT2D eigenvalue weighted by Gasteiger charge is -2.13. The molecule has 0 radical (unpaired) electrons. The lowest BCUT2D eigenvalue weighted by Crippen LogP contribution is -2.27. The SMILES string of the molecule is COc1ccc(OC)c(C(C#N)NN)c1. The van der Waals surface area contributed by atoms with Crippen molar-refractivity contribution >= 4 is 0 Å². The molecule has 1 aromatic rings. The van der Waals surface area contributed by atoms with E-state index in [-0.39, 0.29) is 0 Å². The molecule has 1 atom stereocenters. The average Bonchev–Trinajstić information content (AvgIpc) is 2.30. The number of nitrogens with zero attached hydrogens (tertiary/aromatic N) is 1. The minimum atomic E-state index is -0.616. The quantitative estimate of drug-likeness (QED) is 0.562. The van der Waals surface area contributed by atoms with E-state index in [0.29, 0.717) is 17.1 Å². The van der Waals surface area contributed by atoms with Crippen molar-refractivity contribution < 1.29 is 9.47 Å². The van der Waals surface area contributed by atoms with Gasteiger partial charge in [0.15, 0.2) is 0 Å². The molecule has 15 heavy (non-hydrogen) atoms. The van der Waals surface area contributed by atoms with Crippen molar-refractivity contribution in [1.82, 2.24) is 5.43 Å². The van der Waals surface area contributed by atoms with Gasteiger partial charge in [0.2, 0.25) is 0 Å². The first kappa shape index (κ1) is 11.3. The van der Waals surface area contributed by atoms with Crippen LogP contribution in [0.1, 0.15) is 11.6 Å². The predicted molar refractivity (Wildman–Crippen MR) is 55.2 cm³/mol. The van der Waals surface area contributed by atoms with Gasteiger partial charge in [0.1, 0.15) is 17.5 Å². The average molecular weight is 207 g/mol. The summed E-state index contributed by atoms with van der Waals surface area (Å²) in [4.78, 5) is 0. The molecule has 0 heterocycles. The van der Waals surface area contributed by atoms with Crippen LogP contribution in [0.3, 0.4) is 0 Å². The van der Waals surface area contributed by atoms with E-state index in [9.17, 15) is 0 Å². The van der Waals surface area contributed by atoms with E-state index in [0.717, 1.165) is 0 Å². The summed E-state index contributed by atoms with van der Waals surface area (Å²) < 4.78 is 10.2. The van der Waals surface area contributed by atoms with Crippen molar-refractivity contribution in [3.63, 3.8) is 0 Å². The Hall–Kier alpha value is -1.77. The number of rotatable bonds is 4. The monoisotopic (exact) mass is 207 g/mol. The van der Waals surface area contributed by atoms with Crippen LogP contribution in [0.15, 0.2) is 18.2 Å². The van der Waals surface area contributed by atoms with Crippen LogP contribution < -0.4 is 20.7 Å². The number of ether oxygens (including phenoxy) is 2. The fraction of sp³-hybridized carbons (Fsp3) is 0.300. The fourth-order valence-electron chi connectivity index (χ4n) is 1.26. The predicted octanol–water partition coefficient (Wildman–Crippen LogP) is 0.732. The van der Waals surface area contributed by atoms with E-state index >= 15 is 0 Å². The summed E-state index contributed by atoms with van der Waals surface area (Å²) in [7, 11) is 3.10. The van der Waals surface area contributed by atoms with Crippen molar-refractivity contribution in [3.8, 4) is 17.6 Å². The maximum Gasteiger partial charge on any atom is 0.137 e. The van der Waals surface area contributed by atoms with Gasteiger partial charge in [-0.25, -0.2) is 5.43 Å². The lowest BCUT2D eigenvalue weighted by molar-refractivity contribution is 0.395. The third-order valence-corrected chi connectivity index (χ3v) is 2.04. The maximum absolute atomic E-state index is 8.87. The Balaban J connectivity index is 3.17. The molecule has 0 fully saturated rings. The fourth-order valence-corrected chi connectivity index (χ4v) is 1.26. The summed E-state index contributed by atoms with van der Waals surface area (Å²) >= 11 is 0. The van der Waals surface area contributed by atoms with Crippen LogP contribution in [0, 0.1) is 11.3 Å². The Bertz CT molecular complexity index is 373. The van der Waals surface area contributed by atoms with Crippen LogP contribution in [0.5, 0.6) is 11.5 Å². The molecule has 1 unspecified atom stereocenters. The Morgan fingerprint density at radius 1 is 1.40 bits per heavy atom. The van der Waals surface area contributed by atoms with E-state index in [4.69, 9.17) is 20.6 Å². The number of nitrogens with two attached hydrogens (primary N) is 1. The lowest BCUT2D eigenvalue weighted by atomic mass is 10.1. The van der Waals surface area contributed by atoms with Crippen molar-refractivity contribution in [2.24, 2.45) is 5.84 Å². The minimum Gasteiger partial charge on any atom is -0.497 e. The second kappa shape index (κ2) is 5.20. The number of hydrogen-bond acceptors (Lipinski definition) is 5. The highest BCUT2D eigenvalue weighted by Crippen LogP contribution is 2.28. The number of methoxy groups -OCH3 is 2. The summed E-state index contributed by atoms with van der Waals surface area (Å²) in [6, 6.07) is 6.61. The second-order valence-corrected chi connectivity index (χ2v) is 2.84. The second-order valence-electron chi connectivity index (χ2n) is 2.84. The van der Waals surface area contributed by atoms with Gasteiger partial charge in [0, 0.05) is 5.56 Å². The van der Waals surface area contributed by atoms with Crippen molar-refractivity contribution in [1.29, 1.82) is 5.26 Å². The van der Waals surface area contributed by atoms with E-state index < -0.39 is 6.04 Å². The Kier molecular flexibility index (Phi) is 3.92. The summed E-state index contributed by atoms with van der Waals surface area (Å²) in [5, 5.41) is 8.87. The normalized spacial score (nSPS) is 11.6. The molecule has 3 N–H and O–H groups in total. The molecule has 5 nitrogen and oxygen atoms in total. The molecule has 1 aromatic carbocycles. The zero-order chi connectivity index (χ0) is 11.3. The van der Waals surface area contributed by atoms with Gasteiger partial charge in [-0.05, 0) is 18.2 Å². The Morgan fingerprint density at radius 2 is 2.13 bits per heavy atom. The highest BCUT2D eigenvalue weighted by atomic mass is 16.5. The van der Waals surface area contributed by atoms with Crippen LogP contribution >= 0.6 is 0 Å². The topological polar surface area (TPSA) is 80.3 Å². The van der Waals surface area contributed by atoms with Crippen LogP contribution in [0.2, 0.25) is 0 Å². The minimum absolute atomic E-state index is 0.598. The Morgan fingerprint density at radius 3 is 2.60 bits per heavy atom. The van der Waals surface area contributed by atoms with E-state index in [1.165, 1.54) is 7.11 Å². The number of nitriles is 1. The number of nitrogens with one attached hydrogen (secondary N) is 1. The van der Waals surface area contributed by atoms with Gasteiger partial charge in [-0.15, -0.1) is 0 Å². The van der Waals surface area contributed by atoms with Crippen LogP contribution in [-0.2, 0) is 0 Å². The van der Waals surface area contributed by atoms with Crippen molar-refractivity contribution in [2.75, 3.05) is 14.2 Å². The van der Waals surface area contributed by atoms with Gasteiger partial charge in [-0.2, -0.15) is 5.26 Å². The summed E-state index contributed by atoms with van der Waals surface area (Å²) in [5.41, 5.74) is 3.05. The van der Waals surface area contributed by atoms with Crippen molar-refractivity contribution in [3.05, 3.63) is 23.8 Å². The molecular formula is C10H13N3O2. The molecule has 0 aliphatic heterocycles. The van der Waals surface area contributed by atoms with Gasteiger partial charge in [-0.3, -0.25) is 5.84 Å². The molecule has 0 amide bonds. The van der Waals surface area contributed by atoms with Crippen LogP contribution in [0.25, 0.3) is 0 Å². The first-order valence-electron chi connectivity index (χ1n) is 4.34. The highest BCUT2D eigenvalue weighted by Gasteiger charge is 2.14. The van der Waals surface area contributed by atoms with Crippen LogP contribution in [0.4, 0.5) is 0 Å². The zero-order valence-corrected chi connectivity index (χ0v) is 8.65. The molecule has 0 aliphatic rings. The van der Waals surface area contributed by atoms with E-state index in [2.05, 4.69) is 5.43 Å². The molecule has 0 spiro atoms. The van der Waals surface area contributed by atoms with Gasteiger partial charge < -0.3 is 9.47 Å². The van der Waals surface area contributed by atoms with Crippen molar-refractivity contribution in [2.45, 2.75) is 6.04 Å². The van der Waals surface area contributed by atoms with E-state index in [1.54, 1.807) is 25.3 Å².